The Bertz CT molecular complexity index is 848. The minimum atomic E-state index is -0.527. The minimum absolute atomic E-state index is 0.175. The first-order valence-corrected chi connectivity index (χ1v) is 7.51. The molecule has 0 saturated carbocycles. The highest BCUT2D eigenvalue weighted by Crippen LogP contribution is 2.09. The number of hydrogen-bond donors (Lipinski definition) is 0. The summed E-state index contributed by atoms with van der Waals surface area (Å²) in [5, 5.41) is 26.8. The lowest BCUT2D eigenvalue weighted by atomic mass is 10.4. The van der Waals surface area contributed by atoms with E-state index >= 15 is 0 Å². The van der Waals surface area contributed by atoms with E-state index in [0.717, 1.165) is 11.4 Å². The fourth-order valence-corrected chi connectivity index (χ4v) is 2.38. The van der Waals surface area contributed by atoms with E-state index in [1.807, 2.05) is 24.6 Å². The highest BCUT2D eigenvalue weighted by atomic mass is 16.6. The molecule has 0 aliphatic heterocycles. The Hall–Kier alpha value is -3.04. The second kappa shape index (κ2) is 6.60. The van der Waals surface area contributed by atoms with Crippen molar-refractivity contribution in [2.24, 2.45) is 0 Å². The number of aromatic nitrogens is 6. The van der Waals surface area contributed by atoms with E-state index in [2.05, 4.69) is 20.4 Å². The molecule has 0 bridgehead atoms. The summed E-state index contributed by atoms with van der Waals surface area (Å²) < 4.78 is 8.98. The fraction of sp³-hybridized carbons (Fsp3) is 0.429. The molecule has 10 heteroatoms. The Balaban J connectivity index is 1.53. The van der Waals surface area contributed by atoms with Gasteiger partial charge in [0.1, 0.15) is 0 Å². The molecular weight excluding hydrogens is 314 g/mol. The monoisotopic (exact) mass is 331 g/mol. The molecule has 0 unspecified atom stereocenters. The van der Waals surface area contributed by atoms with Gasteiger partial charge in [0.25, 0.3) is 0 Å². The van der Waals surface area contributed by atoms with Crippen LogP contribution in [0.25, 0.3) is 0 Å². The summed E-state index contributed by atoms with van der Waals surface area (Å²) in [6.07, 6.45) is 2.62. The van der Waals surface area contributed by atoms with Crippen LogP contribution in [0.4, 0.5) is 5.82 Å². The third-order valence-electron chi connectivity index (χ3n) is 3.52. The molecule has 0 atom stereocenters. The molecule has 0 aromatic carbocycles. The van der Waals surface area contributed by atoms with Crippen molar-refractivity contribution in [2.75, 3.05) is 0 Å². The van der Waals surface area contributed by atoms with E-state index in [9.17, 15) is 10.1 Å². The van der Waals surface area contributed by atoms with Crippen LogP contribution >= 0.6 is 0 Å². The van der Waals surface area contributed by atoms with Gasteiger partial charge in [0, 0.05) is 25.1 Å². The summed E-state index contributed by atoms with van der Waals surface area (Å²) in [4.78, 5) is 10.1. The Morgan fingerprint density at radius 1 is 1.17 bits per heavy atom. The van der Waals surface area contributed by atoms with Crippen molar-refractivity contribution < 1.29 is 9.34 Å². The van der Waals surface area contributed by atoms with Crippen molar-refractivity contribution in [1.29, 1.82) is 0 Å². The molecule has 3 heterocycles. The van der Waals surface area contributed by atoms with Gasteiger partial charge in [0.15, 0.2) is 0 Å². The van der Waals surface area contributed by atoms with E-state index < -0.39 is 4.92 Å². The summed E-state index contributed by atoms with van der Waals surface area (Å²) in [7, 11) is 0. The number of nitrogens with zero attached hydrogens (tertiary/aromatic N) is 7. The van der Waals surface area contributed by atoms with E-state index in [-0.39, 0.29) is 5.82 Å². The maximum Gasteiger partial charge on any atom is 0.389 e. The van der Waals surface area contributed by atoms with Crippen LogP contribution in [-0.2, 0) is 25.9 Å². The highest BCUT2D eigenvalue weighted by Gasteiger charge is 2.12. The molecule has 3 aromatic heterocycles. The SMILES string of the molecule is Cc1cc(C)n(CCc2nnc(CCn3ccc([N+](=O)[O-])n3)o2)n1. The predicted molar refractivity (Wildman–Crippen MR) is 82.3 cm³/mol. The molecule has 3 aromatic rings. The van der Waals surface area contributed by atoms with Gasteiger partial charge >= 0.3 is 5.82 Å². The topological polar surface area (TPSA) is 118 Å². The molecule has 24 heavy (non-hydrogen) atoms. The Morgan fingerprint density at radius 2 is 1.88 bits per heavy atom. The van der Waals surface area contributed by atoms with Crippen LogP contribution < -0.4 is 0 Å². The smallest absolute Gasteiger partial charge is 0.389 e. The first-order valence-electron chi connectivity index (χ1n) is 7.51. The van der Waals surface area contributed by atoms with E-state index in [1.54, 1.807) is 6.20 Å². The van der Waals surface area contributed by atoms with Gasteiger partial charge in [0.2, 0.25) is 11.8 Å². The summed E-state index contributed by atoms with van der Waals surface area (Å²) in [5.74, 6) is 0.853. The van der Waals surface area contributed by atoms with Crippen molar-refractivity contribution >= 4 is 5.82 Å². The number of hydrogen-bond acceptors (Lipinski definition) is 7. The van der Waals surface area contributed by atoms with Gasteiger partial charge in [-0.2, -0.15) is 9.78 Å². The van der Waals surface area contributed by atoms with Gasteiger partial charge in [-0.15, -0.1) is 10.2 Å². The van der Waals surface area contributed by atoms with Crippen LogP contribution in [-0.4, -0.2) is 34.7 Å². The zero-order chi connectivity index (χ0) is 17.1. The molecule has 10 nitrogen and oxygen atoms in total. The van der Waals surface area contributed by atoms with Crippen LogP contribution in [0, 0.1) is 24.0 Å². The molecule has 0 aliphatic rings. The summed E-state index contributed by atoms with van der Waals surface area (Å²) in [6.45, 7) is 5.07. The zero-order valence-corrected chi connectivity index (χ0v) is 13.4. The highest BCUT2D eigenvalue weighted by molar-refractivity contribution is 5.14. The van der Waals surface area contributed by atoms with Gasteiger partial charge in [-0.3, -0.25) is 4.68 Å². The molecule has 0 radical (unpaired) electrons. The molecule has 0 amide bonds. The van der Waals surface area contributed by atoms with Gasteiger partial charge in [-0.05, 0) is 24.8 Å². The van der Waals surface area contributed by atoms with E-state index in [0.29, 0.717) is 37.7 Å². The van der Waals surface area contributed by atoms with Crippen LogP contribution in [0.5, 0.6) is 0 Å². The molecular formula is C14H17N7O3. The first kappa shape index (κ1) is 15.8. The second-order valence-electron chi connectivity index (χ2n) is 5.43. The standard InChI is InChI=1S/C14H17N7O3/c1-10-9-11(2)20(17-10)8-5-14-16-15-13(24-14)4-7-19-6-3-12(18-19)21(22)23/h3,6,9H,4-5,7-8H2,1-2H3. The van der Waals surface area contributed by atoms with E-state index in [1.165, 1.54) is 10.7 Å². The quantitative estimate of drug-likeness (QED) is 0.475. The van der Waals surface area contributed by atoms with Crippen LogP contribution in [0.1, 0.15) is 23.2 Å². The van der Waals surface area contributed by atoms with Crippen molar-refractivity contribution in [2.45, 2.75) is 39.8 Å². The number of aryl methyl sites for hydroxylation is 6. The Morgan fingerprint density at radius 3 is 2.46 bits per heavy atom. The summed E-state index contributed by atoms with van der Waals surface area (Å²) in [6, 6.07) is 3.37. The van der Waals surface area contributed by atoms with Crippen molar-refractivity contribution in [1.82, 2.24) is 29.8 Å². The molecule has 0 fully saturated rings. The maximum absolute atomic E-state index is 10.6. The number of nitro groups is 1. The minimum Gasteiger partial charge on any atom is -0.425 e. The predicted octanol–water partition coefficient (Wildman–Crippen LogP) is 1.47. The maximum atomic E-state index is 10.6. The van der Waals surface area contributed by atoms with Crippen molar-refractivity contribution in [3.63, 3.8) is 0 Å². The third-order valence-corrected chi connectivity index (χ3v) is 3.52. The normalized spacial score (nSPS) is 11.1. The van der Waals surface area contributed by atoms with Crippen LogP contribution in [0.15, 0.2) is 22.7 Å². The lowest BCUT2D eigenvalue weighted by molar-refractivity contribution is -0.389. The lowest BCUT2D eigenvalue weighted by Crippen LogP contribution is -2.05. The van der Waals surface area contributed by atoms with Gasteiger partial charge in [-0.25, -0.2) is 0 Å². The second-order valence-corrected chi connectivity index (χ2v) is 5.43. The molecule has 126 valence electrons. The average Bonchev–Trinajstić information content (AvgIpc) is 3.23. The molecule has 0 aliphatic carbocycles. The third kappa shape index (κ3) is 3.65. The molecule has 0 N–H and O–H groups in total. The molecule has 0 saturated heterocycles. The largest absolute Gasteiger partial charge is 0.425 e. The van der Waals surface area contributed by atoms with Crippen molar-refractivity contribution in [3.05, 3.63) is 51.6 Å². The lowest BCUT2D eigenvalue weighted by Gasteiger charge is -2.00. The van der Waals surface area contributed by atoms with Gasteiger partial charge < -0.3 is 14.5 Å². The number of rotatable bonds is 7. The summed E-state index contributed by atoms with van der Waals surface area (Å²) in [5.41, 5.74) is 2.07. The Kier molecular flexibility index (Phi) is 4.36. The fourth-order valence-electron chi connectivity index (χ4n) is 2.38. The Labute approximate surface area is 137 Å². The van der Waals surface area contributed by atoms with Gasteiger partial charge in [-0.1, -0.05) is 0 Å². The van der Waals surface area contributed by atoms with Crippen LogP contribution in [0.3, 0.4) is 0 Å². The molecule has 3 rings (SSSR count). The van der Waals surface area contributed by atoms with Crippen LogP contribution in [0.2, 0.25) is 0 Å². The zero-order valence-electron chi connectivity index (χ0n) is 13.4. The summed E-state index contributed by atoms with van der Waals surface area (Å²) >= 11 is 0. The van der Waals surface area contributed by atoms with E-state index in [4.69, 9.17) is 4.42 Å². The first-order chi connectivity index (χ1) is 11.5. The molecule has 0 spiro atoms. The van der Waals surface area contributed by atoms with Gasteiger partial charge in [0.05, 0.1) is 29.6 Å². The van der Waals surface area contributed by atoms with Crippen molar-refractivity contribution in [3.8, 4) is 0 Å². The average molecular weight is 331 g/mol.